The quantitative estimate of drug-likeness (QED) is 0.703. The van der Waals surface area contributed by atoms with E-state index in [2.05, 4.69) is 20.8 Å². The van der Waals surface area contributed by atoms with Gasteiger partial charge in [0.2, 0.25) is 0 Å². The first-order valence-corrected chi connectivity index (χ1v) is 7.66. The van der Waals surface area contributed by atoms with Gasteiger partial charge in [-0.05, 0) is 55.8 Å². The Balaban J connectivity index is 2.04. The zero-order valence-electron chi connectivity index (χ0n) is 12.1. The number of rotatable bonds is 3. The molecular weight excluding hydrogens is 208 g/mol. The summed E-state index contributed by atoms with van der Waals surface area (Å²) in [6.45, 7) is 7.12. The molecule has 2 fully saturated rings. The van der Waals surface area contributed by atoms with Gasteiger partial charge in [-0.2, -0.15) is 0 Å². The summed E-state index contributed by atoms with van der Waals surface area (Å²) in [5, 5.41) is 0. The summed E-state index contributed by atoms with van der Waals surface area (Å²) >= 11 is 0. The zero-order chi connectivity index (χ0) is 12.4. The van der Waals surface area contributed by atoms with E-state index in [-0.39, 0.29) is 0 Å². The van der Waals surface area contributed by atoms with Crippen LogP contribution in [0.3, 0.4) is 0 Å². The van der Waals surface area contributed by atoms with E-state index in [4.69, 9.17) is 4.74 Å². The van der Waals surface area contributed by atoms with Crippen LogP contribution in [0.15, 0.2) is 0 Å². The van der Waals surface area contributed by atoms with E-state index in [1.807, 2.05) is 7.11 Å². The molecule has 0 aliphatic heterocycles. The Morgan fingerprint density at radius 2 is 1.82 bits per heavy atom. The van der Waals surface area contributed by atoms with E-state index in [9.17, 15) is 0 Å². The van der Waals surface area contributed by atoms with Gasteiger partial charge in [0.1, 0.15) is 0 Å². The van der Waals surface area contributed by atoms with Crippen LogP contribution in [0.5, 0.6) is 0 Å². The molecule has 100 valence electrons. The van der Waals surface area contributed by atoms with Crippen LogP contribution < -0.4 is 0 Å². The van der Waals surface area contributed by atoms with Crippen molar-refractivity contribution in [1.29, 1.82) is 0 Å². The van der Waals surface area contributed by atoms with Crippen molar-refractivity contribution in [3.8, 4) is 0 Å². The van der Waals surface area contributed by atoms with E-state index in [1.165, 1.54) is 38.5 Å². The predicted octanol–water partition coefficient (Wildman–Crippen LogP) is 4.51. The average molecular weight is 238 g/mol. The molecule has 2 saturated carbocycles. The van der Waals surface area contributed by atoms with Crippen molar-refractivity contribution in [2.45, 2.75) is 65.4 Å². The van der Waals surface area contributed by atoms with Gasteiger partial charge in [-0.25, -0.2) is 0 Å². The van der Waals surface area contributed by atoms with Gasteiger partial charge in [0.25, 0.3) is 0 Å². The molecule has 0 saturated heterocycles. The summed E-state index contributed by atoms with van der Waals surface area (Å²) in [6, 6.07) is 0. The van der Waals surface area contributed by atoms with Crippen molar-refractivity contribution < 1.29 is 4.74 Å². The number of ether oxygens (including phenoxy) is 1. The number of fused-ring (bicyclic) bond motifs is 1. The summed E-state index contributed by atoms with van der Waals surface area (Å²) in [5.41, 5.74) is 0. The Hall–Kier alpha value is -0.0400. The molecule has 0 aromatic heterocycles. The van der Waals surface area contributed by atoms with Crippen LogP contribution in [0.25, 0.3) is 0 Å². The van der Waals surface area contributed by atoms with Crippen LogP contribution in [0.2, 0.25) is 0 Å². The molecule has 0 bridgehead atoms. The normalized spacial score (nSPS) is 41.6. The summed E-state index contributed by atoms with van der Waals surface area (Å²) in [4.78, 5) is 0. The van der Waals surface area contributed by atoms with E-state index >= 15 is 0 Å². The number of hydrogen-bond donors (Lipinski definition) is 0. The van der Waals surface area contributed by atoms with Crippen molar-refractivity contribution in [1.82, 2.24) is 0 Å². The molecule has 0 amide bonds. The molecule has 6 atom stereocenters. The van der Waals surface area contributed by atoms with Gasteiger partial charge in [-0.1, -0.05) is 33.1 Å². The van der Waals surface area contributed by atoms with E-state index in [1.54, 1.807) is 0 Å². The first kappa shape index (κ1) is 13.4. The summed E-state index contributed by atoms with van der Waals surface area (Å²) < 4.78 is 5.57. The van der Waals surface area contributed by atoms with Crippen LogP contribution in [-0.2, 0) is 4.74 Å². The molecule has 2 rings (SSSR count). The number of hydrogen-bond acceptors (Lipinski definition) is 1. The summed E-state index contributed by atoms with van der Waals surface area (Å²) in [7, 11) is 1.87. The van der Waals surface area contributed by atoms with Gasteiger partial charge < -0.3 is 4.74 Å². The fourth-order valence-corrected chi connectivity index (χ4v) is 4.42. The molecule has 6 unspecified atom stereocenters. The molecule has 17 heavy (non-hydrogen) atoms. The largest absolute Gasteiger partial charge is 0.381 e. The third kappa shape index (κ3) is 2.86. The highest BCUT2D eigenvalue weighted by Crippen LogP contribution is 2.48. The lowest BCUT2D eigenvalue weighted by Gasteiger charge is -2.46. The minimum absolute atomic E-state index is 0.427. The van der Waals surface area contributed by atoms with Crippen molar-refractivity contribution in [3.05, 3.63) is 0 Å². The second-order valence-corrected chi connectivity index (χ2v) is 6.74. The van der Waals surface area contributed by atoms with Crippen LogP contribution in [-0.4, -0.2) is 13.2 Å². The van der Waals surface area contributed by atoms with Crippen LogP contribution in [0, 0.1) is 29.6 Å². The second kappa shape index (κ2) is 5.73. The lowest BCUT2D eigenvalue weighted by Crippen LogP contribution is -2.39. The highest BCUT2D eigenvalue weighted by atomic mass is 16.5. The highest BCUT2D eigenvalue weighted by molar-refractivity contribution is 4.90. The molecule has 0 radical (unpaired) electrons. The Morgan fingerprint density at radius 1 is 1.06 bits per heavy atom. The molecule has 0 aromatic rings. The smallest absolute Gasteiger partial charge is 0.0571 e. The van der Waals surface area contributed by atoms with Gasteiger partial charge in [-0.15, -0.1) is 0 Å². The average Bonchev–Trinajstić information content (AvgIpc) is 2.36. The lowest BCUT2D eigenvalue weighted by molar-refractivity contribution is -0.0135. The Kier molecular flexibility index (Phi) is 4.52. The van der Waals surface area contributed by atoms with E-state index in [0.29, 0.717) is 6.10 Å². The van der Waals surface area contributed by atoms with Crippen LogP contribution in [0.4, 0.5) is 0 Å². The third-order valence-electron chi connectivity index (χ3n) is 5.76. The van der Waals surface area contributed by atoms with Gasteiger partial charge in [0.15, 0.2) is 0 Å². The molecule has 1 heteroatoms. The first-order valence-electron chi connectivity index (χ1n) is 7.66. The molecule has 2 aliphatic carbocycles. The van der Waals surface area contributed by atoms with E-state index < -0.39 is 0 Å². The van der Waals surface area contributed by atoms with Gasteiger partial charge >= 0.3 is 0 Å². The van der Waals surface area contributed by atoms with Crippen molar-refractivity contribution >= 4 is 0 Å². The zero-order valence-corrected chi connectivity index (χ0v) is 12.1. The maximum absolute atomic E-state index is 5.57. The fraction of sp³-hybridized carbons (Fsp3) is 1.00. The minimum atomic E-state index is 0.427. The number of methoxy groups -OCH3 is 1. The third-order valence-corrected chi connectivity index (χ3v) is 5.76. The SMILES string of the molecule is COC(C)C(C)C1CCCC2CCC(C)CC21. The molecule has 0 spiro atoms. The molecule has 0 heterocycles. The predicted molar refractivity (Wildman–Crippen MR) is 73.0 cm³/mol. The summed E-state index contributed by atoms with van der Waals surface area (Å²) in [6.07, 6.45) is 9.29. The van der Waals surface area contributed by atoms with Gasteiger partial charge in [0, 0.05) is 7.11 Å². The molecule has 1 nitrogen and oxygen atoms in total. The Bertz CT molecular complexity index is 238. The topological polar surface area (TPSA) is 9.23 Å². The minimum Gasteiger partial charge on any atom is -0.381 e. The summed E-state index contributed by atoms with van der Waals surface area (Å²) in [5.74, 6) is 4.66. The molecule has 0 aromatic carbocycles. The van der Waals surface area contributed by atoms with Crippen molar-refractivity contribution in [2.24, 2.45) is 29.6 Å². The standard InChI is InChI=1S/C16H30O/c1-11-8-9-14-6-5-7-15(16(14)10-11)12(2)13(3)17-4/h11-16H,5-10H2,1-4H3. The first-order chi connectivity index (χ1) is 8.13. The fourth-order valence-electron chi connectivity index (χ4n) is 4.42. The molecule has 0 N–H and O–H groups in total. The van der Waals surface area contributed by atoms with Crippen molar-refractivity contribution in [2.75, 3.05) is 7.11 Å². The second-order valence-electron chi connectivity index (χ2n) is 6.74. The van der Waals surface area contributed by atoms with E-state index in [0.717, 1.165) is 29.6 Å². The highest BCUT2D eigenvalue weighted by Gasteiger charge is 2.40. The van der Waals surface area contributed by atoms with Crippen molar-refractivity contribution in [3.63, 3.8) is 0 Å². The van der Waals surface area contributed by atoms with Crippen LogP contribution in [0.1, 0.15) is 59.3 Å². The van der Waals surface area contributed by atoms with Gasteiger partial charge in [-0.3, -0.25) is 0 Å². The van der Waals surface area contributed by atoms with Crippen LogP contribution >= 0.6 is 0 Å². The molecular formula is C16H30O. The Morgan fingerprint density at radius 3 is 2.53 bits per heavy atom. The maximum atomic E-state index is 5.57. The lowest BCUT2D eigenvalue weighted by atomic mass is 9.60. The monoisotopic (exact) mass is 238 g/mol. The van der Waals surface area contributed by atoms with Gasteiger partial charge in [0.05, 0.1) is 6.10 Å². The Labute approximate surface area is 107 Å². The maximum Gasteiger partial charge on any atom is 0.0571 e. The molecule has 2 aliphatic rings.